The number of carbonyl (C=O) groups is 4. The van der Waals surface area contributed by atoms with Gasteiger partial charge >= 0.3 is 5.97 Å². The highest BCUT2D eigenvalue weighted by molar-refractivity contribution is 6.25. The largest absolute Gasteiger partial charge is 0.467 e. The molecule has 0 bridgehead atoms. The third kappa shape index (κ3) is 3.06. The van der Waals surface area contributed by atoms with Gasteiger partial charge in [0.15, 0.2) is 11.8 Å². The summed E-state index contributed by atoms with van der Waals surface area (Å²) in [5.74, 6) is -2.97. The second kappa shape index (κ2) is 7.18. The molecule has 1 N–H and O–H groups in total. The number of methoxy groups -OCH3 is 1. The van der Waals surface area contributed by atoms with Gasteiger partial charge in [-0.25, -0.2) is 4.79 Å². The van der Waals surface area contributed by atoms with Gasteiger partial charge in [0, 0.05) is 5.69 Å². The smallest absolute Gasteiger partial charge is 0.336 e. The maximum Gasteiger partial charge on any atom is 0.336 e. The molecule has 7 heteroatoms. The van der Waals surface area contributed by atoms with Crippen LogP contribution in [0.15, 0.2) is 54.6 Å². The number of nitrogens with one attached hydrogen (secondary N) is 1. The van der Waals surface area contributed by atoms with Crippen LogP contribution in [0.4, 0.5) is 5.69 Å². The molecule has 0 unspecified atom stereocenters. The summed E-state index contributed by atoms with van der Waals surface area (Å²) in [6.45, 7) is -0.239. The van der Waals surface area contributed by atoms with Crippen LogP contribution in [-0.2, 0) is 14.3 Å². The SMILES string of the molecule is COC(=O)[C@H](C(=O)CNc1ccccc1)N1C(=O)c2ccccc2C1=O. The van der Waals surface area contributed by atoms with E-state index in [-0.39, 0.29) is 17.7 Å². The van der Waals surface area contributed by atoms with Gasteiger partial charge in [-0.3, -0.25) is 19.3 Å². The summed E-state index contributed by atoms with van der Waals surface area (Å²) >= 11 is 0. The predicted octanol–water partition coefficient (Wildman–Crippen LogP) is 1.51. The number of benzene rings is 2. The van der Waals surface area contributed by atoms with Crippen LogP contribution in [-0.4, -0.2) is 48.2 Å². The van der Waals surface area contributed by atoms with Crippen LogP contribution < -0.4 is 5.32 Å². The van der Waals surface area contributed by atoms with Crippen LogP contribution in [0.25, 0.3) is 0 Å². The molecule has 26 heavy (non-hydrogen) atoms. The highest BCUT2D eigenvalue weighted by Crippen LogP contribution is 2.25. The molecule has 0 spiro atoms. The maximum atomic E-state index is 12.6. The van der Waals surface area contributed by atoms with Crippen molar-refractivity contribution < 1.29 is 23.9 Å². The van der Waals surface area contributed by atoms with Gasteiger partial charge in [0.1, 0.15) is 0 Å². The summed E-state index contributed by atoms with van der Waals surface area (Å²) in [4.78, 5) is 50.6. The van der Waals surface area contributed by atoms with Crippen molar-refractivity contribution in [1.29, 1.82) is 0 Å². The van der Waals surface area contributed by atoms with Gasteiger partial charge in [0.25, 0.3) is 11.8 Å². The quantitative estimate of drug-likeness (QED) is 0.481. The van der Waals surface area contributed by atoms with E-state index >= 15 is 0 Å². The molecule has 0 fully saturated rings. The molecular formula is C19H16N2O5. The molecular weight excluding hydrogens is 336 g/mol. The first kappa shape index (κ1) is 17.3. The van der Waals surface area contributed by atoms with Gasteiger partial charge in [-0.05, 0) is 24.3 Å². The Morgan fingerprint density at radius 1 is 0.962 bits per heavy atom. The van der Waals surface area contributed by atoms with E-state index in [4.69, 9.17) is 0 Å². The number of hydrogen-bond acceptors (Lipinski definition) is 6. The number of para-hydroxylation sites is 1. The minimum Gasteiger partial charge on any atom is -0.467 e. The first-order chi connectivity index (χ1) is 12.5. The molecule has 1 aliphatic heterocycles. The number of amides is 2. The number of rotatable bonds is 6. The van der Waals surface area contributed by atoms with Crippen LogP contribution in [0.1, 0.15) is 20.7 Å². The van der Waals surface area contributed by atoms with Crippen LogP contribution in [0.2, 0.25) is 0 Å². The number of ketones is 1. The third-order valence-electron chi connectivity index (χ3n) is 4.05. The van der Waals surface area contributed by atoms with E-state index < -0.39 is 29.6 Å². The summed E-state index contributed by atoms with van der Waals surface area (Å²) < 4.78 is 4.66. The molecule has 0 aliphatic carbocycles. The summed E-state index contributed by atoms with van der Waals surface area (Å²) in [5, 5.41) is 2.87. The lowest BCUT2D eigenvalue weighted by Crippen LogP contribution is -2.51. The van der Waals surface area contributed by atoms with E-state index in [0.717, 1.165) is 7.11 Å². The average Bonchev–Trinajstić information content (AvgIpc) is 2.92. The van der Waals surface area contributed by atoms with Crippen molar-refractivity contribution in [3.05, 3.63) is 65.7 Å². The Hall–Kier alpha value is -3.48. The van der Waals surface area contributed by atoms with E-state index in [1.54, 1.807) is 36.4 Å². The van der Waals surface area contributed by atoms with Crippen molar-refractivity contribution in [2.45, 2.75) is 6.04 Å². The molecule has 132 valence electrons. The number of anilines is 1. The van der Waals surface area contributed by atoms with Crippen LogP contribution in [0.3, 0.4) is 0 Å². The number of ether oxygens (including phenoxy) is 1. The Labute approximate surface area is 149 Å². The standard InChI is InChI=1S/C19H16N2O5/c1-26-19(25)16(15(22)11-20-12-7-3-2-4-8-12)21-17(23)13-9-5-6-10-14(13)18(21)24/h2-10,16,20H,11H2,1H3/t16-/m0/s1. The fraction of sp³-hybridized carbons (Fsp3) is 0.158. The molecule has 2 amide bonds. The first-order valence-corrected chi connectivity index (χ1v) is 7.91. The van der Waals surface area contributed by atoms with Crippen LogP contribution in [0, 0.1) is 0 Å². The number of esters is 1. The zero-order valence-corrected chi connectivity index (χ0v) is 14.0. The lowest BCUT2D eigenvalue weighted by Gasteiger charge is -2.23. The minimum atomic E-state index is -1.64. The third-order valence-corrected chi connectivity index (χ3v) is 4.05. The lowest BCUT2D eigenvalue weighted by atomic mass is 10.1. The molecule has 0 aromatic heterocycles. The van der Waals surface area contributed by atoms with Gasteiger partial charge in [0.05, 0.1) is 24.8 Å². The molecule has 1 heterocycles. The minimum absolute atomic E-state index is 0.162. The van der Waals surface area contributed by atoms with Crippen molar-refractivity contribution in [3.8, 4) is 0 Å². The van der Waals surface area contributed by atoms with Gasteiger partial charge in [-0.1, -0.05) is 30.3 Å². The van der Waals surface area contributed by atoms with E-state index in [2.05, 4.69) is 10.1 Å². The monoisotopic (exact) mass is 352 g/mol. The van der Waals surface area contributed by atoms with Crippen molar-refractivity contribution in [2.75, 3.05) is 19.0 Å². The van der Waals surface area contributed by atoms with Gasteiger partial charge in [-0.2, -0.15) is 0 Å². The van der Waals surface area contributed by atoms with Gasteiger partial charge in [-0.15, -0.1) is 0 Å². The molecule has 3 rings (SSSR count). The van der Waals surface area contributed by atoms with Gasteiger partial charge in [0.2, 0.25) is 0 Å². The van der Waals surface area contributed by atoms with Crippen molar-refractivity contribution >= 4 is 29.3 Å². The fourth-order valence-electron chi connectivity index (χ4n) is 2.78. The molecule has 1 atom stereocenters. The molecule has 7 nitrogen and oxygen atoms in total. The molecule has 2 aromatic carbocycles. The first-order valence-electron chi connectivity index (χ1n) is 7.91. The highest BCUT2D eigenvalue weighted by Gasteiger charge is 2.46. The summed E-state index contributed by atoms with van der Waals surface area (Å²) in [7, 11) is 1.10. The van der Waals surface area contributed by atoms with Crippen LogP contribution in [0.5, 0.6) is 0 Å². The van der Waals surface area contributed by atoms with Crippen molar-refractivity contribution in [1.82, 2.24) is 4.90 Å². The number of Topliss-reactive ketones (excluding diaryl/α,β-unsaturated/α-hetero) is 1. The molecule has 2 aromatic rings. The summed E-state index contributed by atoms with van der Waals surface area (Å²) in [6, 6.07) is 13.5. The zero-order valence-electron chi connectivity index (χ0n) is 14.0. The normalized spacial score (nSPS) is 14.0. The number of fused-ring (bicyclic) bond motifs is 1. The molecule has 0 radical (unpaired) electrons. The summed E-state index contributed by atoms with van der Waals surface area (Å²) in [5.41, 5.74) is 0.997. The maximum absolute atomic E-state index is 12.6. The predicted molar refractivity (Wildman–Crippen MR) is 92.7 cm³/mol. The van der Waals surface area contributed by atoms with E-state index in [0.29, 0.717) is 10.6 Å². The second-order valence-corrected chi connectivity index (χ2v) is 5.64. The van der Waals surface area contributed by atoms with Crippen LogP contribution >= 0.6 is 0 Å². The number of imide groups is 1. The second-order valence-electron chi connectivity index (χ2n) is 5.64. The van der Waals surface area contributed by atoms with Gasteiger partial charge < -0.3 is 10.1 Å². The molecule has 0 saturated heterocycles. The molecule has 1 aliphatic rings. The number of nitrogens with zero attached hydrogens (tertiary/aromatic N) is 1. The molecule has 0 saturated carbocycles. The Bertz CT molecular complexity index is 844. The zero-order chi connectivity index (χ0) is 18.7. The van der Waals surface area contributed by atoms with Crippen molar-refractivity contribution in [3.63, 3.8) is 0 Å². The Morgan fingerprint density at radius 3 is 2.04 bits per heavy atom. The van der Waals surface area contributed by atoms with E-state index in [1.807, 2.05) is 6.07 Å². The number of carbonyl (C=O) groups excluding carboxylic acids is 4. The Kier molecular flexibility index (Phi) is 4.79. The van der Waals surface area contributed by atoms with E-state index in [9.17, 15) is 19.2 Å². The lowest BCUT2D eigenvalue weighted by molar-refractivity contribution is -0.148. The highest BCUT2D eigenvalue weighted by atomic mass is 16.5. The topological polar surface area (TPSA) is 92.8 Å². The van der Waals surface area contributed by atoms with Crippen molar-refractivity contribution in [2.24, 2.45) is 0 Å². The Balaban J connectivity index is 1.85. The summed E-state index contributed by atoms with van der Waals surface area (Å²) in [6.07, 6.45) is 0. The van der Waals surface area contributed by atoms with E-state index in [1.165, 1.54) is 12.1 Å². The average molecular weight is 352 g/mol. The fourth-order valence-corrected chi connectivity index (χ4v) is 2.78. The number of hydrogen-bond donors (Lipinski definition) is 1. The Morgan fingerprint density at radius 2 is 1.50 bits per heavy atom.